The second-order valence-corrected chi connectivity index (χ2v) is 9.73. The van der Waals surface area contributed by atoms with Gasteiger partial charge >= 0.3 is 0 Å². The van der Waals surface area contributed by atoms with Gasteiger partial charge < -0.3 is 0 Å². The zero-order valence-corrected chi connectivity index (χ0v) is 21.1. The fourth-order valence-electron chi connectivity index (χ4n) is 5.42. The normalized spacial score (nSPS) is 22.3. The van der Waals surface area contributed by atoms with Crippen LogP contribution in [0.3, 0.4) is 0 Å². The van der Waals surface area contributed by atoms with E-state index in [-0.39, 0.29) is 18.5 Å². The summed E-state index contributed by atoms with van der Waals surface area (Å²) in [4.78, 5) is 41.6. The van der Waals surface area contributed by atoms with Crippen LogP contribution in [0.1, 0.15) is 34.7 Å². The molecule has 0 saturated carbocycles. The number of fused-ring (bicyclic) bond motifs is 1. The van der Waals surface area contributed by atoms with Crippen LogP contribution >= 0.6 is 0 Å². The average Bonchev–Trinajstić information content (AvgIpc) is 3.62. The van der Waals surface area contributed by atoms with E-state index in [2.05, 4.69) is 10.3 Å². The third-order valence-electron chi connectivity index (χ3n) is 7.28. The van der Waals surface area contributed by atoms with Gasteiger partial charge in [0, 0.05) is 6.42 Å². The molecule has 9 heteroatoms. The predicted octanol–water partition coefficient (Wildman–Crippen LogP) is 3.97. The second kappa shape index (κ2) is 9.33. The van der Waals surface area contributed by atoms with E-state index in [1.807, 2.05) is 92.7 Å². The maximum absolute atomic E-state index is 13.7. The van der Waals surface area contributed by atoms with Gasteiger partial charge in [-0.1, -0.05) is 84.1 Å². The summed E-state index contributed by atoms with van der Waals surface area (Å²) in [5.41, 5.74) is 4.92. The van der Waals surface area contributed by atoms with Gasteiger partial charge in [-0.2, -0.15) is 10.2 Å². The molecule has 0 bridgehead atoms. The zero-order chi connectivity index (χ0) is 26.4. The Morgan fingerprint density at radius 3 is 2.21 bits per heavy atom. The summed E-state index contributed by atoms with van der Waals surface area (Å²) < 4.78 is 0. The number of anilines is 1. The molecule has 3 heterocycles. The first kappa shape index (κ1) is 23.7. The van der Waals surface area contributed by atoms with Crippen molar-refractivity contribution < 1.29 is 14.4 Å². The first-order valence-electron chi connectivity index (χ1n) is 12.6. The number of nitrogens with zero attached hydrogens (tertiary/aromatic N) is 6. The predicted molar refractivity (Wildman–Crippen MR) is 141 cm³/mol. The molecule has 0 spiro atoms. The molecule has 0 aromatic heterocycles. The molecule has 0 N–H and O–H groups in total. The lowest BCUT2D eigenvalue weighted by atomic mass is 9.98. The molecular formula is C29H26N6O3. The highest BCUT2D eigenvalue weighted by Gasteiger charge is 2.55. The van der Waals surface area contributed by atoms with Crippen LogP contribution in [0, 0.1) is 13.8 Å². The minimum atomic E-state index is -0.971. The summed E-state index contributed by atoms with van der Waals surface area (Å²) >= 11 is 0. The van der Waals surface area contributed by atoms with Gasteiger partial charge in [0.15, 0.2) is 12.1 Å². The lowest BCUT2D eigenvalue weighted by Crippen LogP contribution is -2.45. The van der Waals surface area contributed by atoms with Crippen molar-refractivity contribution in [2.75, 3.05) is 11.4 Å². The van der Waals surface area contributed by atoms with E-state index >= 15 is 0 Å². The van der Waals surface area contributed by atoms with E-state index in [4.69, 9.17) is 5.10 Å². The third kappa shape index (κ3) is 3.87. The minimum Gasteiger partial charge on any atom is -0.271 e. The van der Waals surface area contributed by atoms with Gasteiger partial charge in [-0.15, -0.1) is 0 Å². The van der Waals surface area contributed by atoms with Gasteiger partial charge in [-0.3, -0.25) is 19.4 Å². The van der Waals surface area contributed by atoms with Gasteiger partial charge in [0.25, 0.3) is 17.7 Å². The van der Waals surface area contributed by atoms with Gasteiger partial charge in [0.1, 0.15) is 6.54 Å². The molecule has 3 aromatic carbocycles. The Hall–Kier alpha value is -4.66. The minimum absolute atomic E-state index is 0.223. The van der Waals surface area contributed by atoms with Crippen molar-refractivity contribution in [3.05, 3.63) is 101 Å². The Bertz CT molecular complexity index is 1470. The molecule has 3 aliphatic heterocycles. The van der Waals surface area contributed by atoms with Crippen LogP contribution in [0.5, 0.6) is 0 Å². The summed E-state index contributed by atoms with van der Waals surface area (Å²) in [6.45, 7) is 3.50. The molecule has 3 aromatic rings. The molecular weight excluding hydrogens is 480 g/mol. The Balaban J connectivity index is 1.27. The highest BCUT2D eigenvalue weighted by Crippen LogP contribution is 2.36. The SMILES string of the molecule is Cc1cccc(C)c1N1C(=O)[C@H]2N=NN(CC(=O)N3N=C(c4ccccc4)C[C@H]3c3ccccc3)[C@H]2C1=O. The largest absolute Gasteiger partial charge is 0.271 e. The number of hydrazone groups is 1. The molecule has 3 atom stereocenters. The van der Waals surface area contributed by atoms with E-state index in [1.165, 1.54) is 14.9 Å². The van der Waals surface area contributed by atoms with Crippen LogP contribution in [0.4, 0.5) is 5.69 Å². The number of benzene rings is 3. The average molecular weight is 507 g/mol. The summed E-state index contributed by atoms with van der Waals surface area (Å²) in [5.74, 6) is -1.18. The fraction of sp³-hybridized carbons (Fsp3) is 0.241. The number of para-hydroxylation sites is 1. The quantitative estimate of drug-likeness (QED) is 0.489. The van der Waals surface area contributed by atoms with Gasteiger partial charge in [-0.25, -0.2) is 9.91 Å². The Morgan fingerprint density at radius 1 is 0.868 bits per heavy atom. The molecule has 9 nitrogen and oxygen atoms in total. The molecule has 0 unspecified atom stereocenters. The number of rotatable bonds is 5. The molecule has 6 rings (SSSR count). The zero-order valence-electron chi connectivity index (χ0n) is 21.1. The standard InChI is InChI=1S/C29H26N6O3/c1-18-10-9-11-19(2)26(18)34-28(37)25-27(29(34)38)33(32-30-25)17-24(36)35-23(21-14-7-4-8-15-21)16-22(31-35)20-12-5-3-6-13-20/h3-15,23,25,27H,16-17H2,1-2H3/t23-,25-,27+/m0/s1. The monoisotopic (exact) mass is 506 g/mol. The van der Waals surface area contributed by atoms with Gasteiger partial charge in [0.2, 0.25) is 0 Å². The summed E-state index contributed by atoms with van der Waals surface area (Å²) in [6.07, 6.45) is 0.561. The maximum atomic E-state index is 13.7. The summed E-state index contributed by atoms with van der Waals surface area (Å²) in [6, 6.07) is 22.9. The van der Waals surface area contributed by atoms with E-state index in [9.17, 15) is 14.4 Å². The molecule has 190 valence electrons. The molecule has 0 radical (unpaired) electrons. The highest BCUT2D eigenvalue weighted by molar-refractivity contribution is 6.26. The Kier molecular flexibility index (Phi) is 5.83. The van der Waals surface area contributed by atoms with Crippen LogP contribution < -0.4 is 4.90 Å². The highest BCUT2D eigenvalue weighted by atomic mass is 16.2. The van der Waals surface area contributed by atoms with Crippen molar-refractivity contribution in [3.63, 3.8) is 0 Å². The van der Waals surface area contributed by atoms with Crippen molar-refractivity contribution >= 4 is 29.1 Å². The Labute approximate surface area is 220 Å². The number of imide groups is 1. The van der Waals surface area contributed by atoms with E-state index in [1.54, 1.807) is 0 Å². The van der Waals surface area contributed by atoms with Crippen molar-refractivity contribution in [1.29, 1.82) is 0 Å². The molecule has 1 saturated heterocycles. The number of carbonyl (C=O) groups is 3. The second-order valence-electron chi connectivity index (χ2n) is 9.73. The maximum Gasteiger partial charge on any atom is 0.264 e. The first-order chi connectivity index (χ1) is 18.4. The molecule has 3 amide bonds. The lowest BCUT2D eigenvalue weighted by molar-refractivity contribution is -0.135. The van der Waals surface area contributed by atoms with Crippen LogP contribution in [0.25, 0.3) is 0 Å². The molecule has 38 heavy (non-hydrogen) atoms. The Morgan fingerprint density at radius 2 is 1.53 bits per heavy atom. The molecule has 0 aliphatic carbocycles. The summed E-state index contributed by atoms with van der Waals surface area (Å²) in [5, 5.41) is 15.7. The van der Waals surface area contributed by atoms with Crippen LogP contribution in [0.15, 0.2) is 94.3 Å². The molecule has 1 fully saturated rings. The third-order valence-corrected chi connectivity index (χ3v) is 7.28. The van der Waals surface area contributed by atoms with Crippen LogP contribution in [0.2, 0.25) is 0 Å². The van der Waals surface area contributed by atoms with Crippen molar-refractivity contribution in [2.24, 2.45) is 15.4 Å². The van der Waals surface area contributed by atoms with Crippen LogP contribution in [-0.4, -0.2) is 52.1 Å². The van der Waals surface area contributed by atoms with Gasteiger partial charge in [0.05, 0.1) is 17.4 Å². The molecule has 3 aliphatic rings. The fourth-order valence-corrected chi connectivity index (χ4v) is 5.42. The summed E-state index contributed by atoms with van der Waals surface area (Å²) in [7, 11) is 0. The van der Waals surface area contributed by atoms with Crippen molar-refractivity contribution in [1.82, 2.24) is 10.0 Å². The smallest absolute Gasteiger partial charge is 0.264 e. The number of hydrogen-bond donors (Lipinski definition) is 0. The number of carbonyl (C=O) groups excluding carboxylic acids is 3. The van der Waals surface area contributed by atoms with E-state index in [0.717, 1.165) is 28.0 Å². The number of hydrogen-bond acceptors (Lipinski definition) is 7. The number of amides is 3. The van der Waals surface area contributed by atoms with E-state index in [0.29, 0.717) is 12.1 Å². The first-order valence-corrected chi connectivity index (χ1v) is 12.6. The van der Waals surface area contributed by atoms with E-state index < -0.39 is 23.9 Å². The van der Waals surface area contributed by atoms with Crippen LogP contribution in [-0.2, 0) is 14.4 Å². The van der Waals surface area contributed by atoms with Gasteiger partial charge in [-0.05, 0) is 36.1 Å². The topological polar surface area (TPSA) is 98.0 Å². The van der Waals surface area contributed by atoms with Crippen molar-refractivity contribution in [3.8, 4) is 0 Å². The lowest BCUT2D eigenvalue weighted by Gasteiger charge is -2.26. The van der Waals surface area contributed by atoms with Crippen molar-refractivity contribution in [2.45, 2.75) is 38.4 Å². The number of aryl methyl sites for hydroxylation is 2.